The van der Waals surface area contributed by atoms with Crippen LogP contribution in [-0.4, -0.2) is 33.0 Å². The number of imide groups is 1. The lowest BCUT2D eigenvalue weighted by Crippen LogP contribution is -2.42. The molecule has 0 unspecified atom stereocenters. The van der Waals surface area contributed by atoms with Crippen LogP contribution in [0.3, 0.4) is 0 Å². The quantitative estimate of drug-likeness (QED) is 0.516. The van der Waals surface area contributed by atoms with E-state index in [1.807, 2.05) is 30.5 Å². The molecular weight excluding hydrogens is 404 g/mol. The third kappa shape index (κ3) is 3.32. The Bertz CT molecular complexity index is 1090. The van der Waals surface area contributed by atoms with Crippen LogP contribution in [-0.2, 0) is 0 Å². The molecule has 2 aromatic carbocycles. The summed E-state index contributed by atoms with van der Waals surface area (Å²) in [5.74, 6) is -0.291. The third-order valence-electron chi connectivity index (χ3n) is 5.82. The molecule has 5 rings (SSSR count). The summed E-state index contributed by atoms with van der Waals surface area (Å²) in [6, 6.07) is 13.2. The van der Waals surface area contributed by atoms with E-state index in [2.05, 4.69) is 11.1 Å². The first-order valence-electron chi connectivity index (χ1n) is 9.78. The largest absolute Gasteiger partial charge is 0.271 e. The van der Waals surface area contributed by atoms with Crippen molar-refractivity contribution < 1.29 is 9.59 Å². The first-order chi connectivity index (χ1) is 14.1. The maximum Gasteiger partial charge on any atom is 0.261 e. The summed E-state index contributed by atoms with van der Waals surface area (Å²) in [5.41, 5.74) is 1.07. The molecule has 6 heteroatoms. The van der Waals surface area contributed by atoms with Crippen LogP contribution in [0.1, 0.15) is 46.4 Å². The zero-order chi connectivity index (χ0) is 20.0. The minimum atomic E-state index is -0.145. The summed E-state index contributed by atoms with van der Waals surface area (Å²) in [5, 5.41) is 3.35. The standard InChI is InChI=1S/C23H19ClN2O2S/c24-20-11-15-13-25-10-9-14(15)12-21(20)29-17-7-5-16(6-8-17)26-22(27)18-3-1-2-4-19(18)23(26)28/h1-4,9-13,16-17H,5-8H2. The molecule has 1 aromatic heterocycles. The molecule has 2 amide bonds. The number of rotatable bonds is 3. The van der Waals surface area contributed by atoms with Crippen LogP contribution in [0.2, 0.25) is 5.02 Å². The number of fused-ring (bicyclic) bond motifs is 2. The van der Waals surface area contributed by atoms with Crippen molar-refractivity contribution in [3.8, 4) is 0 Å². The summed E-state index contributed by atoms with van der Waals surface area (Å²) >= 11 is 8.30. The first-order valence-corrected chi connectivity index (χ1v) is 11.0. The predicted molar refractivity (Wildman–Crippen MR) is 116 cm³/mol. The number of pyridine rings is 1. The maximum atomic E-state index is 12.7. The maximum absolute atomic E-state index is 12.7. The fourth-order valence-electron chi connectivity index (χ4n) is 4.32. The van der Waals surface area contributed by atoms with Gasteiger partial charge in [0.15, 0.2) is 0 Å². The van der Waals surface area contributed by atoms with Gasteiger partial charge in [0.2, 0.25) is 0 Å². The normalized spacial score (nSPS) is 21.6. The van der Waals surface area contributed by atoms with Gasteiger partial charge in [0.1, 0.15) is 0 Å². The average molecular weight is 423 g/mol. The SMILES string of the molecule is O=C1c2ccccc2C(=O)N1C1CCC(Sc2cc3ccncc3cc2Cl)CC1. The Morgan fingerprint density at radius 2 is 1.62 bits per heavy atom. The molecule has 1 fully saturated rings. The van der Waals surface area contributed by atoms with Crippen molar-refractivity contribution in [2.24, 2.45) is 0 Å². The second kappa shape index (κ2) is 7.47. The van der Waals surface area contributed by atoms with Crippen molar-refractivity contribution in [2.45, 2.75) is 41.9 Å². The van der Waals surface area contributed by atoms with Crippen LogP contribution in [0.15, 0.2) is 59.8 Å². The molecule has 0 saturated heterocycles. The van der Waals surface area contributed by atoms with Crippen LogP contribution in [0.25, 0.3) is 10.8 Å². The highest BCUT2D eigenvalue weighted by atomic mass is 35.5. The third-order valence-corrected chi connectivity index (χ3v) is 7.64. The monoisotopic (exact) mass is 422 g/mol. The van der Waals surface area contributed by atoms with Crippen LogP contribution in [0, 0.1) is 0 Å². The molecule has 1 aliphatic carbocycles. The molecular formula is C23H19ClN2O2S. The fourth-order valence-corrected chi connectivity index (χ4v) is 5.86. The number of carbonyl (C=O) groups is 2. The second-order valence-corrected chi connectivity index (χ2v) is 9.33. The highest BCUT2D eigenvalue weighted by Gasteiger charge is 2.40. The van der Waals surface area contributed by atoms with Gasteiger partial charge >= 0.3 is 0 Å². The number of benzene rings is 2. The molecule has 0 spiro atoms. The molecule has 1 saturated carbocycles. The molecule has 2 heterocycles. The van der Waals surface area contributed by atoms with Gasteiger partial charge in [-0.15, -0.1) is 11.8 Å². The van der Waals surface area contributed by atoms with E-state index in [9.17, 15) is 9.59 Å². The molecule has 4 nitrogen and oxygen atoms in total. The number of nitrogens with zero attached hydrogens (tertiary/aromatic N) is 2. The zero-order valence-corrected chi connectivity index (χ0v) is 17.2. The van der Waals surface area contributed by atoms with Crippen LogP contribution < -0.4 is 0 Å². The Hall–Kier alpha value is -2.37. The van der Waals surface area contributed by atoms with Gasteiger partial charge in [-0.3, -0.25) is 19.5 Å². The molecule has 29 heavy (non-hydrogen) atoms. The van der Waals surface area contributed by atoms with Crippen molar-refractivity contribution in [3.63, 3.8) is 0 Å². The van der Waals surface area contributed by atoms with Crippen LogP contribution in [0.4, 0.5) is 0 Å². The Kier molecular flexibility index (Phi) is 4.80. The summed E-state index contributed by atoms with van der Waals surface area (Å²) in [4.78, 5) is 32.2. The van der Waals surface area contributed by atoms with E-state index in [1.165, 1.54) is 4.90 Å². The minimum absolute atomic E-state index is 0.0163. The summed E-state index contributed by atoms with van der Waals surface area (Å²) in [6.07, 6.45) is 7.18. The molecule has 3 aromatic rings. The highest BCUT2D eigenvalue weighted by Crippen LogP contribution is 2.40. The number of amides is 2. The minimum Gasteiger partial charge on any atom is -0.271 e. The van der Waals surface area contributed by atoms with E-state index < -0.39 is 0 Å². The first kappa shape index (κ1) is 18.6. The van der Waals surface area contributed by atoms with Crippen molar-refractivity contribution in [1.29, 1.82) is 0 Å². The summed E-state index contributed by atoms with van der Waals surface area (Å²) in [7, 11) is 0. The van der Waals surface area contributed by atoms with Crippen LogP contribution >= 0.6 is 23.4 Å². The Labute approximate surface area is 178 Å². The Balaban J connectivity index is 1.28. The van der Waals surface area contributed by atoms with Gasteiger partial charge in [-0.2, -0.15) is 0 Å². The van der Waals surface area contributed by atoms with Crippen molar-refractivity contribution in [2.75, 3.05) is 0 Å². The lowest BCUT2D eigenvalue weighted by Gasteiger charge is -2.33. The lowest BCUT2D eigenvalue weighted by atomic mass is 9.94. The van der Waals surface area contributed by atoms with Gasteiger partial charge in [-0.1, -0.05) is 23.7 Å². The number of thioether (sulfide) groups is 1. The fraction of sp³-hybridized carbons (Fsp3) is 0.261. The Morgan fingerprint density at radius 1 is 0.931 bits per heavy atom. The van der Waals surface area contributed by atoms with Crippen molar-refractivity contribution in [1.82, 2.24) is 9.88 Å². The number of hydrogen-bond acceptors (Lipinski definition) is 4. The van der Waals surface area contributed by atoms with Gasteiger partial charge in [0.05, 0.1) is 16.1 Å². The summed E-state index contributed by atoms with van der Waals surface area (Å²) < 4.78 is 0. The smallest absolute Gasteiger partial charge is 0.261 e. The Morgan fingerprint density at radius 3 is 2.31 bits per heavy atom. The van der Waals surface area contributed by atoms with E-state index in [-0.39, 0.29) is 17.9 Å². The topological polar surface area (TPSA) is 50.3 Å². The molecule has 146 valence electrons. The van der Waals surface area contributed by atoms with E-state index in [4.69, 9.17) is 11.6 Å². The molecule has 0 radical (unpaired) electrons. The van der Waals surface area contributed by atoms with Gasteiger partial charge < -0.3 is 0 Å². The molecule has 2 aliphatic rings. The van der Waals surface area contributed by atoms with E-state index in [1.54, 1.807) is 30.1 Å². The number of carbonyl (C=O) groups excluding carboxylic acids is 2. The zero-order valence-electron chi connectivity index (χ0n) is 15.7. The molecule has 0 bridgehead atoms. The van der Waals surface area contributed by atoms with Gasteiger partial charge in [-0.25, -0.2) is 0 Å². The molecule has 0 atom stereocenters. The molecule has 0 N–H and O–H groups in total. The number of hydrogen-bond donors (Lipinski definition) is 0. The highest BCUT2D eigenvalue weighted by molar-refractivity contribution is 8.00. The van der Waals surface area contributed by atoms with E-state index in [0.717, 1.165) is 46.4 Å². The van der Waals surface area contributed by atoms with Crippen molar-refractivity contribution in [3.05, 3.63) is 71.0 Å². The average Bonchev–Trinajstić information content (AvgIpc) is 3.00. The van der Waals surface area contributed by atoms with Crippen LogP contribution in [0.5, 0.6) is 0 Å². The lowest BCUT2D eigenvalue weighted by molar-refractivity contribution is 0.0550. The van der Waals surface area contributed by atoms with Gasteiger partial charge in [0.25, 0.3) is 11.8 Å². The number of aromatic nitrogens is 1. The summed E-state index contributed by atoms with van der Waals surface area (Å²) in [6.45, 7) is 0. The second-order valence-electron chi connectivity index (χ2n) is 7.58. The van der Waals surface area contributed by atoms with Gasteiger partial charge in [0, 0.05) is 34.0 Å². The number of halogens is 1. The van der Waals surface area contributed by atoms with E-state index >= 15 is 0 Å². The van der Waals surface area contributed by atoms with Crippen molar-refractivity contribution >= 4 is 45.9 Å². The predicted octanol–water partition coefficient (Wildman–Crippen LogP) is 5.59. The molecule has 1 aliphatic heterocycles. The van der Waals surface area contributed by atoms with Gasteiger partial charge in [-0.05, 0) is 61.4 Å². The van der Waals surface area contributed by atoms with E-state index in [0.29, 0.717) is 16.4 Å².